The fourth-order valence-electron chi connectivity index (χ4n) is 5.34. The van der Waals surface area contributed by atoms with Crippen LogP contribution in [0.3, 0.4) is 0 Å². The molecule has 3 atom stereocenters. The first kappa shape index (κ1) is 17.5. The molecule has 6 rings (SSSR count). The summed E-state index contributed by atoms with van der Waals surface area (Å²) in [6.07, 6.45) is 4.38. The molecule has 4 saturated heterocycles. The van der Waals surface area contributed by atoms with Crippen LogP contribution < -0.4 is 5.56 Å². The average molecular weight is 386 g/mol. The van der Waals surface area contributed by atoms with Crippen molar-refractivity contribution in [3.8, 4) is 0 Å². The number of hydrogen-bond donors (Lipinski definition) is 1. The van der Waals surface area contributed by atoms with Crippen LogP contribution >= 0.6 is 0 Å². The molecule has 0 spiro atoms. The summed E-state index contributed by atoms with van der Waals surface area (Å²) in [5.41, 5.74) is 0.112. The Balaban J connectivity index is 1.55. The Morgan fingerprint density at radius 2 is 1.96 bits per heavy atom. The second-order valence-corrected chi connectivity index (χ2v) is 7.86. The second-order valence-electron chi connectivity index (χ2n) is 7.86. The summed E-state index contributed by atoms with van der Waals surface area (Å²) in [6.45, 7) is 2.14. The van der Waals surface area contributed by atoms with Crippen molar-refractivity contribution in [2.45, 2.75) is 30.8 Å². The van der Waals surface area contributed by atoms with Gasteiger partial charge in [-0.25, -0.2) is 13.8 Å². The number of carbonyl (C=O) groups excluding carboxylic acids is 1. The Hall–Kier alpha value is -2.61. The van der Waals surface area contributed by atoms with Crippen LogP contribution in [0, 0.1) is 17.6 Å². The van der Waals surface area contributed by atoms with E-state index in [2.05, 4.69) is 14.9 Å². The Morgan fingerprint density at radius 1 is 1.18 bits per heavy atom. The number of benzene rings is 1. The number of nitrogens with zero attached hydrogens (tertiary/aromatic N) is 3. The lowest BCUT2D eigenvalue weighted by molar-refractivity contribution is -0.00378. The molecule has 28 heavy (non-hydrogen) atoms. The number of halogens is 2. The number of likely N-dealkylation sites (tertiary alicyclic amines) is 1. The molecule has 5 heterocycles. The maximum Gasteiger partial charge on any atom is 0.274 e. The van der Waals surface area contributed by atoms with Crippen LogP contribution in [0.2, 0.25) is 0 Å². The Morgan fingerprint density at radius 3 is 2.68 bits per heavy atom. The second kappa shape index (κ2) is 6.48. The van der Waals surface area contributed by atoms with Crippen LogP contribution in [0.15, 0.2) is 35.4 Å². The maximum atomic E-state index is 14.6. The largest absolute Gasteiger partial charge is 0.332 e. The van der Waals surface area contributed by atoms with Crippen LogP contribution in [-0.2, 0) is 0 Å². The van der Waals surface area contributed by atoms with Gasteiger partial charge in [0.15, 0.2) is 11.6 Å². The predicted molar refractivity (Wildman–Crippen MR) is 96.9 cm³/mol. The number of aromatic nitrogens is 2. The van der Waals surface area contributed by atoms with Crippen LogP contribution in [0.5, 0.6) is 0 Å². The fourth-order valence-corrected chi connectivity index (χ4v) is 5.34. The summed E-state index contributed by atoms with van der Waals surface area (Å²) < 4.78 is 28.5. The molecule has 8 heteroatoms. The number of carbonyl (C=O) groups is 1. The van der Waals surface area contributed by atoms with Gasteiger partial charge in [0.1, 0.15) is 5.69 Å². The molecule has 1 N–H and O–H groups in total. The van der Waals surface area contributed by atoms with Gasteiger partial charge in [0.25, 0.3) is 11.5 Å². The van der Waals surface area contributed by atoms with Crippen molar-refractivity contribution in [2.24, 2.45) is 5.92 Å². The van der Waals surface area contributed by atoms with Gasteiger partial charge in [-0.05, 0) is 43.5 Å². The molecule has 0 unspecified atom stereocenters. The minimum absolute atomic E-state index is 0.0319. The van der Waals surface area contributed by atoms with Crippen molar-refractivity contribution in [1.29, 1.82) is 0 Å². The van der Waals surface area contributed by atoms with E-state index < -0.39 is 11.6 Å². The van der Waals surface area contributed by atoms with Gasteiger partial charge in [-0.15, -0.1) is 0 Å². The summed E-state index contributed by atoms with van der Waals surface area (Å²) in [5, 5.41) is 0. The molecule has 2 bridgehead atoms. The van der Waals surface area contributed by atoms with E-state index in [1.807, 2.05) is 0 Å². The number of hydrogen-bond acceptors (Lipinski definition) is 4. The molecule has 4 fully saturated rings. The lowest BCUT2D eigenvalue weighted by atomic mass is 9.75. The van der Waals surface area contributed by atoms with Gasteiger partial charge in [0.2, 0.25) is 0 Å². The quantitative estimate of drug-likeness (QED) is 0.854. The molecular formula is C20H20F2N4O2. The lowest BCUT2D eigenvalue weighted by Crippen LogP contribution is -2.60. The number of H-pyrrole nitrogens is 1. The first-order valence-corrected chi connectivity index (χ1v) is 9.58. The van der Waals surface area contributed by atoms with E-state index in [0.29, 0.717) is 18.0 Å². The molecule has 1 aromatic carbocycles. The van der Waals surface area contributed by atoms with Gasteiger partial charge in [-0.1, -0.05) is 12.1 Å². The Kier molecular flexibility index (Phi) is 4.04. The SMILES string of the molecule is O=C(c1c[nH]c(=O)cn1)N1C[C@@H](c2cccc(F)c2F)[C@@H]2[C@H]1C1CCN2CC1. The molecule has 1 amide bonds. The van der Waals surface area contributed by atoms with Crippen molar-refractivity contribution in [1.82, 2.24) is 19.8 Å². The number of rotatable bonds is 2. The van der Waals surface area contributed by atoms with Crippen LogP contribution in [0.4, 0.5) is 8.78 Å². The first-order valence-electron chi connectivity index (χ1n) is 9.58. The fraction of sp³-hybridized carbons (Fsp3) is 0.450. The highest BCUT2D eigenvalue weighted by molar-refractivity contribution is 5.92. The van der Waals surface area contributed by atoms with Crippen molar-refractivity contribution in [3.05, 3.63) is 63.8 Å². The summed E-state index contributed by atoms with van der Waals surface area (Å²) in [7, 11) is 0. The van der Waals surface area contributed by atoms with Gasteiger partial charge in [0, 0.05) is 24.7 Å². The molecular weight excluding hydrogens is 366 g/mol. The minimum atomic E-state index is -0.864. The van der Waals surface area contributed by atoms with Crippen molar-refractivity contribution >= 4 is 5.91 Å². The van der Waals surface area contributed by atoms with E-state index in [9.17, 15) is 18.4 Å². The third-order valence-electron chi connectivity index (χ3n) is 6.53. The molecule has 4 aliphatic rings. The average Bonchev–Trinajstić information content (AvgIpc) is 3.14. The first-order chi connectivity index (χ1) is 13.5. The van der Waals surface area contributed by atoms with Crippen LogP contribution in [0.25, 0.3) is 0 Å². The highest BCUT2D eigenvalue weighted by atomic mass is 19.2. The molecule has 0 saturated carbocycles. The summed E-state index contributed by atoms with van der Waals surface area (Å²) >= 11 is 0. The number of fused-ring (bicyclic) bond motifs is 2. The zero-order valence-corrected chi connectivity index (χ0v) is 15.1. The van der Waals surface area contributed by atoms with Crippen molar-refractivity contribution in [2.75, 3.05) is 19.6 Å². The van der Waals surface area contributed by atoms with E-state index >= 15 is 0 Å². The summed E-state index contributed by atoms with van der Waals surface area (Å²) in [4.78, 5) is 35.0. The van der Waals surface area contributed by atoms with Gasteiger partial charge in [0.05, 0.1) is 12.2 Å². The normalized spacial score (nSPS) is 31.1. The van der Waals surface area contributed by atoms with E-state index in [0.717, 1.165) is 38.2 Å². The summed E-state index contributed by atoms with van der Waals surface area (Å²) in [5.74, 6) is -1.93. The van der Waals surface area contributed by atoms with Crippen LogP contribution in [-0.4, -0.2) is 57.4 Å². The van der Waals surface area contributed by atoms with E-state index in [4.69, 9.17) is 0 Å². The van der Waals surface area contributed by atoms with Crippen molar-refractivity contribution in [3.63, 3.8) is 0 Å². The standard InChI is InChI=1S/C20H20F2N4O2/c21-14-3-1-2-12(17(14)22)13-10-26(20(28)15-8-24-16(27)9-23-15)18-11-4-6-25(7-5-11)19(13)18/h1-3,8-9,11,13,18-19H,4-7,10H2,(H,24,27)/t13-,18+,19+/m0/s1. The summed E-state index contributed by atoms with van der Waals surface area (Å²) in [6, 6.07) is 4.17. The van der Waals surface area contributed by atoms with Crippen LogP contribution in [0.1, 0.15) is 34.8 Å². The lowest BCUT2D eigenvalue weighted by Gasteiger charge is -2.51. The molecule has 1 aromatic heterocycles. The van der Waals surface area contributed by atoms with Crippen molar-refractivity contribution < 1.29 is 13.6 Å². The molecule has 0 radical (unpaired) electrons. The number of nitrogens with one attached hydrogen (secondary N) is 1. The van der Waals surface area contributed by atoms with Gasteiger partial charge in [-0.2, -0.15) is 0 Å². The zero-order valence-electron chi connectivity index (χ0n) is 15.1. The Bertz CT molecular complexity index is 966. The smallest absolute Gasteiger partial charge is 0.274 e. The predicted octanol–water partition coefficient (Wildman–Crippen LogP) is 1.75. The zero-order chi connectivity index (χ0) is 19.4. The molecule has 146 valence electrons. The molecule has 2 aromatic rings. The maximum absolute atomic E-state index is 14.6. The minimum Gasteiger partial charge on any atom is -0.332 e. The number of amides is 1. The third-order valence-corrected chi connectivity index (χ3v) is 6.53. The van der Waals surface area contributed by atoms with Gasteiger partial charge < -0.3 is 9.88 Å². The molecule has 0 aliphatic carbocycles. The number of aromatic amines is 1. The third kappa shape index (κ3) is 2.58. The van der Waals surface area contributed by atoms with Gasteiger partial charge >= 0.3 is 0 Å². The van der Waals surface area contributed by atoms with E-state index in [1.54, 1.807) is 11.0 Å². The van der Waals surface area contributed by atoms with E-state index in [-0.39, 0.29) is 35.2 Å². The van der Waals surface area contributed by atoms with E-state index in [1.165, 1.54) is 12.3 Å². The number of piperidine rings is 3. The Labute approximate surface area is 160 Å². The highest BCUT2D eigenvalue weighted by Gasteiger charge is 2.55. The highest BCUT2D eigenvalue weighted by Crippen LogP contribution is 2.47. The topological polar surface area (TPSA) is 69.3 Å². The monoisotopic (exact) mass is 386 g/mol. The molecule has 4 aliphatic heterocycles. The molecule has 6 nitrogen and oxygen atoms in total. The van der Waals surface area contributed by atoms with Gasteiger partial charge in [-0.3, -0.25) is 14.5 Å².